The van der Waals surface area contributed by atoms with Gasteiger partial charge in [-0.2, -0.15) is 0 Å². The first-order valence-corrected chi connectivity index (χ1v) is 10.2. The molecule has 1 spiro atoms. The smallest absolute Gasteiger partial charge is 0.253 e. The van der Waals surface area contributed by atoms with Crippen LogP contribution in [-0.2, 0) is 9.53 Å². The van der Waals surface area contributed by atoms with Crippen LogP contribution in [0.1, 0.15) is 47.2 Å². The number of ether oxygens (including phenoxy) is 1. The van der Waals surface area contributed by atoms with Gasteiger partial charge in [0.15, 0.2) is 0 Å². The van der Waals surface area contributed by atoms with Gasteiger partial charge in [-0.3, -0.25) is 9.59 Å². The molecular weight excluding hydrogens is 340 g/mol. The molecule has 5 heteroatoms. The number of likely N-dealkylation sites (tertiary alicyclic amines) is 1. The molecule has 2 heterocycles. The van der Waals surface area contributed by atoms with Crippen LogP contribution in [0.15, 0.2) is 18.2 Å². The van der Waals surface area contributed by atoms with E-state index in [0.717, 1.165) is 55.5 Å². The van der Waals surface area contributed by atoms with Gasteiger partial charge in [-0.25, -0.2) is 0 Å². The minimum Gasteiger partial charge on any atom is -0.378 e. The molecule has 1 saturated carbocycles. The van der Waals surface area contributed by atoms with E-state index in [4.69, 9.17) is 4.74 Å². The monoisotopic (exact) mass is 370 g/mol. The van der Waals surface area contributed by atoms with Crippen molar-refractivity contribution in [3.63, 3.8) is 0 Å². The van der Waals surface area contributed by atoms with Crippen molar-refractivity contribution >= 4 is 11.8 Å². The van der Waals surface area contributed by atoms with Crippen LogP contribution in [0, 0.1) is 25.2 Å². The summed E-state index contributed by atoms with van der Waals surface area (Å²) in [6.07, 6.45) is 4.06. The minimum absolute atomic E-state index is 0.0239. The summed E-state index contributed by atoms with van der Waals surface area (Å²) in [5.41, 5.74) is 2.99. The van der Waals surface area contributed by atoms with Gasteiger partial charge < -0.3 is 14.5 Å². The molecule has 0 N–H and O–H groups in total. The Bertz CT molecular complexity index is 721. The first kappa shape index (κ1) is 18.5. The van der Waals surface area contributed by atoms with Crippen LogP contribution in [0.25, 0.3) is 0 Å². The lowest BCUT2D eigenvalue weighted by Crippen LogP contribution is -2.47. The molecule has 5 nitrogen and oxygen atoms in total. The number of aryl methyl sites for hydroxylation is 2. The summed E-state index contributed by atoms with van der Waals surface area (Å²) in [4.78, 5) is 30.2. The number of carbonyl (C=O) groups is 2. The maximum absolute atomic E-state index is 13.2. The van der Waals surface area contributed by atoms with Crippen LogP contribution in [0.4, 0.5) is 0 Å². The van der Waals surface area contributed by atoms with E-state index < -0.39 is 0 Å². The molecule has 1 aromatic rings. The second kappa shape index (κ2) is 7.27. The Hall–Kier alpha value is -1.88. The molecule has 146 valence electrons. The maximum atomic E-state index is 13.2. The summed E-state index contributed by atoms with van der Waals surface area (Å²) in [6, 6.07) is 6.05. The van der Waals surface area contributed by atoms with Crippen LogP contribution in [0.3, 0.4) is 0 Å². The lowest BCUT2D eigenvalue weighted by molar-refractivity contribution is -0.143. The van der Waals surface area contributed by atoms with Gasteiger partial charge >= 0.3 is 0 Å². The fourth-order valence-electron chi connectivity index (χ4n) is 5.37. The van der Waals surface area contributed by atoms with Crippen molar-refractivity contribution in [2.45, 2.75) is 39.5 Å². The zero-order valence-electron chi connectivity index (χ0n) is 16.5. The van der Waals surface area contributed by atoms with Crippen molar-refractivity contribution in [1.82, 2.24) is 9.80 Å². The van der Waals surface area contributed by atoms with E-state index in [-0.39, 0.29) is 23.1 Å². The Morgan fingerprint density at radius 2 is 1.70 bits per heavy atom. The van der Waals surface area contributed by atoms with Crippen LogP contribution in [0.5, 0.6) is 0 Å². The Labute approximate surface area is 161 Å². The topological polar surface area (TPSA) is 49.9 Å². The third-order valence-electron chi connectivity index (χ3n) is 6.67. The number of rotatable bonds is 2. The van der Waals surface area contributed by atoms with Crippen molar-refractivity contribution in [1.29, 1.82) is 0 Å². The van der Waals surface area contributed by atoms with Crippen molar-refractivity contribution in [2.75, 3.05) is 39.4 Å². The average Bonchev–Trinajstić information content (AvgIpc) is 3.28. The zero-order chi connectivity index (χ0) is 19.0. The Morgan fingerprint density at radius 1 is 1.00 bits per heavy atom. The number of nitrogens with zero attached hydrogens (tertiary/aromatic N) is 2. The molecular formula is C22H30N2O3. The predicted octanol–water partition coefficient (Wildman–Crippen LogP) is 2.79. The molecule has 0 radical (unpaired) electrons. The summed E-state index contributed by atoms with van der Waals surface area (Å²) in [5, 5.41) is 0. The molecule has 1 aromatic carbocycles. The first-order chi connectivity index (χ1) is 13.0. The summed E-state index contributed by atoms with van der Waals surface area (Å²) >= 11 is 0. The van der Waals surface area contributed by atoms with Crippen molar-refractivity contribution in [3.05, 3.63) is 34.9 Å². The molecule has 3 aliphatic rings. The van der Waals surface area contributed by atoms with E-state index in [2.05, 4.69) is 6.07 Å². The highest BCUT2D eigenvalue weighted by Gasteiger charge is 2.52. The number of benzene rings is 1. The van der Waals surface area contributed by atoms with Crippen LogP contribution < -0.4 is 0 Å². The van der Waals surface area contributed by atoms with Gasteiger partial charge in [0.2, 0.25) is 5.91 Å². The van der Waals surface area contributed by atoms with E-state index in [9.17, 15) is 9.59 Å². The number of hydrogen-bond donors (Lipinski definition) is 0. The molecule has 0 unspecified atom stereocenters. The second-order valence-electron chi connectivity index (χ2n) is 8.60. The van der Waals surface area contributed by atoms with Gasteiger partial charge in [0.1, 0.15) is 0 Å². The van der Waals surface area contributed by atoms with Gasteiger partial charge in [0.25, 0.3) is 5.91 Å². The molecule has 3 fully saturated rings. The third-order valence-corrected chi connectivity index (χ3v) is 6.67. The molecule has 27 heavy (non-hydrogen) atoms. The molecule has 0 aromatic heterocycles. The van der Waals surface area contributed by atoms with Gasteiger partial charge in [0.05, 0.1) is 13.2 Å². The van der Waals surface area contributed by atoms with E-state index in [0.29, 0.717) is 26.3 Å². The molecule has 1 aliphatic carbocycles. The Balaban J connectivity index is 1.49. The SMILES string of the molecule is Cc1cc(C)cc(C(=O)N2CC[C@]3(CCC[C@@H]3C(=O)N3CCOCC3)C2)c1. The van der Waals surface area contributed by atoms with Gasteiger partial charge in [0, 0.05) is 43.1 Å². The normalized spacial score (nSPS) is 28.1. The largest absolute Gasteiger partial charge is 0.378 e. The third kappa shape index (κ3) is 3.49. The van der Waals surface area contributed by atoms with Crippen LogP contribution in [0.2, 0.25) is 0 Å². The number of carbonyl (C=O) groups excluding carboxylic acids is 2. The van der Waals surface area contributed by atoms with Crippen molar-refractivity contribution in [2.24, 2.45) is 11.3 Å². The van der Waals surface area contributed by atoms with Gasteiger partial charge in [-0.05, 0) is 45.2 Å². The van der Waals surface area contributed by atoms with Gasteiger partial charge in [-0.1, -0.05) is 23.6 Å². The van der Waals surface area contributed by atoms with Crippen molar-refractivity contribution in [3.8, 4) is 0 Å². The fourth-order valence-corrected chi connectivity index (χ4v) is 5.37. The second-order valence-corrected chi connectivity index (χ2v) is 8.60. The zero-order valence-corrected chi connectivity index (χ0v) is 16.5. The quantitative estimate of drug-likeness (QED) is 0.804. The highest BCUT2D eigenvalue weighted by atomic mass is 16.5. The Morgan fingerprint density at radius 3 is 2.41 bits per heavy atom. The van der Waals surface area contributed by atoms with E-state index in [1.807, 2.05) is 35.8 Å². The van der Waals surface area contributed by atoms with E-state index >= 15 is 0 Å². The number of hydrogen-bond acceptors (Lipinski definition) is 3. The number of amides is 2. The molecule has 2 saturated heterocycles. The van der Waals surface area contributed by atoms with Crippen LogP contribution in [-0.4, -0.2) is 61.0 Å². The Kier molecular flexibility index (Phi) is 4.97. The summed E-state index contributed by atoms with van der Waals surface area (Å²) in [6.45, 7) is 8.24. The predicted molar refractivity (Wildman–Crippen MR) is 104 cm³/mol. The fraction of sp³-hybridized carbons (Fsp3) is 0.636. The highest BCUT2D eigenvalue weighted by Crippen LogP contribution is 2.50. The highest BCUT2D eigenvalue weighted by molar-refractivity contribution is 5.95. The summed E-state index contributed by atoms with van der Waals surface area (Å²) < 4.78 is 5.40. The summed E-state index contributed by atoms with van der Waals surface area (Å²) in [7, 11) is 0. The van der Waals surface area contributed by atoms with Crippen molar-refractivity contribution < 1.29 is 14.3 Å². The molecule has 2 aliphatic heterocycles. The lowest BCUT2D eigenvalue weighted by Gasteiger charge is -2.36. The first-order valence-electron chi connectivity index (χ1n) is 10.2. The molecule has 0 bridgehead atoms. The summed E-state index contributed by atoms with van der Waals surface area (Å²) in [5.74, 6) is 0.465. The van der Waals surface area contributed by atoms with Crippen LogP contribution >= 0.6 is 0 Å². The average molecular weight is 370 g/mol. The van der Waals surface area contributed by atoms with E-state index in [1.54, 1.807) is 0 Å². The molecule has 2 atom stereocenters. The van der Waals surface area contributed by atoms with E-state index in [1.165, 1.54) is 0 Å². The molecule has 4 rings (SSSR count). The lowest BCUT2D eigenvalue weighted by atomic mass is 9.76. The number of morpholine rings is 1. The minimum atomic E-state index is -0.0239. The molecule has 2 amide bonds. The van der Waals surface area contributed by atoms with Gasteiger partial charge in [-0.15, -0.1) is 0 Å². The maximum Gasteiger partial charge on any atom is 0.253 e. The standard InChI is InChI=1S/C22H30N2O3/c1-16-12-17(2)14-18(13-16)20(25)24-7-6-22(15-24)5-3-4-19(22)21(26)23-8-10-27-11-9-23/h12-14,19H,3-11,15H2,1-2H3/t19-,22-/m1/s1.